The van der Waals surface area contributed by atoms with Crippen LogP contribution >= 0.6 is 11.8 Å². The smallest absolute Gasteiger partial charge is 0.342 e. The Balaban J connectivity index is 1.80. The summed E-state index contributed by atoms with van der Waals surface area (Å²) in [7, 11) is 0. The molecule has 0 saturated heterocycles. The molecule has 3 rings (SSSR count). The summed E-state index contributed by atoms with van der Waals surface area (Å²) in [5, 5.41) is 9.76. The molecule has 0 atom stereocenters. The lowest BCUT2D eigenvalue weighted by Crippen LogP contribution is -1.97. The molecule has 0 spiro atoms. The second-order valence-electron chi connectivity index (χ2n) is 5.28. The molecule has 5 nitrogen and oxygen atoms in total. The van der Waals surface area contributed by atoms with Gasteiger partial charge in [-0.25, -0.2) is 9.78 Å². The van der Waals surface area contributed by atoms with Gasteiger partial charge in [-0.3, -0.25) is 0 Å². The zero-order valence-electron chi connectivity index (χ0n) is 13.6. The van der Waals surface area contributed by atoms with E-state index in [0.29, 0.717) is 22.9 Å². The molecule has 25 heavy (non-hydrogen) atoms. The summed E-state index contributed by atoms with van der Waals surface area (Å²) < 4.78 is 11.1. The second kappa shape index (κ2) is 7.90. The van der Waals surface area contributed by atoms with E-state index in [0.717, 1.165) is 29.5 Å². The van der Waals surface area contributed by atoms with Crippen LogP contribution in [0.5, 0.6) is 5.75 Å². The summed E-state index contributed by atoms with van der Waals surface area (Å²) in [5.74, 6) is -0.263. The summed E-state index contributed by atoms with van der Waals surface area (Å²) in [6, 6.07) is 14.6. The largest absolute Gasteiger partial charge is 0.494 e. The van der Waals surface area contributed by atoms with Crippen LogP contribution in [0, 0.1) is 0 Å². The van der Waals surface area contributed by atoms with Crippen molar-refractivity contribution in [2.75, 3.05) is 6.61 Å². The van der Waals surface area contributed by atoms with Crippen LogP contribution in [-0.2, 0) is 4.79 Å². The van der Waals surface area contributed by atoms with Crippen LogP contribution in [0.1, 0.15) is 18.9 Å². The van der Waals surface area contributed by atoms with Gasteiger partial charge in [-0.15, -0.1) is 0 Å². The maximum atomic E-state index is 11.5. The monoisotopic (exact) mass is 355 g/mol. The van der Waals surface area contributed by atoms with Crippen molar-refractivity contribution in [2.24, 2.45) is 0 Å². The highest BCUT2D eigenvalue weighted by Crippen LogP contribution is 2.30. The van der Waals surface area contributed by atoms with Gasteiger partial charge in [0.15, 0.2) is 5.58 Å². The maximum absolute atomic E-state index is 11.5. The maximum Gasteiger partial charge on any atom is 0.342 e. The normalized spacial score (nSPS) is 11.6. The Hall–Kier alpha value is -2.73. The number of aromatic nitrogens is 1. The highest BCUT2D eigenvalue weighted by Gasteiger charge is 2.14. The third-order valence-corrected chi connectivity index (χ3v) is 4.19. The van der Waals surface area contributed by atoms with Crippen molar-refractivity contribution in [1.29, 1.82) is 0 Å². The van der Waals surface area contributed by atoms with E-state index >= 15 is 0 Å². The Morgan fingerprint density at radius 2 is 2.00 bits per heavy atom. The Morgan fingerprint density at radius 1 is 1.24 bits per heavy atom. The van der Waals surface area contributed by atoms with Crippen molar-refractivity contribution in [3.63, 3.8) is 0 Å². The molecule has 0 aliphatic rings. The van der Waals surface area contributed by atoms with Gasteiger partial charge in [-0.2, -0.15) is 0 Å². The SMILES string of the molecule is CCCOc1ccc(/C=C(/Sc2nc3ccccc3o2)C(=O)O)cc1. The summed E-state index contributed by atoms with van der Waals surface area (Å²) in [5.41, 5.74) is 2.10. The number of hydrogen-bond donors (Lipinski definition) is 1. The van der Waals surface area contributed by atoms with Crippen molar-refractivity contribution in [2.45, 2.75) is 18.6 Å². The first-order valence-corrected chi connectivity index (χ1v) is 8.68. The highest BCUT2D eigenvalue weighted by atomic mass is 32.2. The van der Waals surface area contributed by atoms with Crippen LogP contribution in [0.25, 0.3) is 17.2 Å². The number of thioether (sulfide) groups is 1. The average molecular weight is 355 g/mol. The van der Waals surface area contributed by atoms with Gasteiger partial charge in [0, 0.05) is 0 Å². The zero-order valence-corrected chi connectivity index (χ0v) is 14.5. The van der Waals surface area contributed by atoms with Crippen molar-refractivity contribution < 1.29 is 19.1 Å². The molecule has 128 valence electrons. The molecule has 1 N–H and O–H groups in total. The summed E-state index contributed by atoms with van der Waals surface area (Å²) in [6.45, 7) is 2.70. The zero-order chi connectivity index (χ0) is 17.6. The summed E-state index contributed by atoms with van der Waals surface area (Å²) in [4.78, 5) is 16.0. The number of benzene rings is 2. The number of ether oxygens (including phenoxy) is 1. The van der Waals surface area contributed by atoms with Gasteiger partial charge in [-0.1, -0.05) is 31.2 Å². The molecule has 3 aromatic rings. The number of rotatable bonds is 7. The molecule has 0 amide bonds. The van der Waals surface area contributed by atoms with Gasteiger partial charge in [0.05, 0.1) is 6.61 Å². The van der Waals surface area contributed by atoms with Gasteiger partial charge < -0.3 is 14.3 Å². The minimum absolute atomic E-state index is 0.133. The summed E-state index contributed by atoms with van der Waals surface area (Å²) in [6.07, 6.45) is 2.53. The van der Waals surface area contributed by atoms with Crippen LogP contribution in [0.15, 0.2) is 63.1 Å². The van der Waals surface area contributed by atoms with Crippen molar-refractivity contribution >= 4 is 34.9 Å². The van der Waals surface area contributed by atoms with Crippen LogP contribution in [0.3, 0.4) is 0 Å². The Kier molecular flexibility index (Phi) is 5.40. The predicted octanol–water partition coefficient (Wildman–Crippen LogP) is 4.83. The van der Waals surface area contributed by atoms with E-state index in [-0.39, 0.29) is 4.91 Å². The molecular formula is C19H17NO4S. The fourth-order valence-corrected chi connectivity index (χ4v) is 2.90. The lowest BCUT2D eigenvalue weighted by atomic mass is 10.2. The van der Waals surface area contributed by atoms with E-state index in [2.05, 4.69) is 4.98 Å². The Labute approximate surface area is 149 Å². The van der Waals surface area contributed by atoms with Crippen molar-refractivity contribution in [3.05, 3.63) is 59.0 Å². The van der Waals surface area contributed by atoms with E-state index in [9.17, 15) is 9.90 Å². The molecule has 0 aliphatic heterocycles. The first-order chi connectivity index (χ1) is 12.2. The molecule has 1 aromatic heterocycles. The standard InChI is InChI=1S/C19H17NO4S/c1-2-11-23-14-9-7-13(8-10-14)12-17(18(21)22)25-19-20-15-5-3-4-6-16(15)24-19/h3-10,12H,2,11H2,1H3,(H,21,22)/b17-12+. The number of oxazole rings is 1. The van der Waals surface area contributed by atoms with Crippen molar-refractivity contribution in [1.82, 2.24) is 4.98 Å². The fourth-order valence-electron chi connectivity index (χ4n) is 2.16. The van der Waals surface area contributed by atoms with E-state index in [1.54, 1.807) is 12.1 Å². The van der Waals surface area contributed by atoms with E-state index in [1.807, 2.05) is 49.4 Å². The molecule has 0 radical (unpaired) electrons. The molecule has 6 heteroatoms. The number of aliphatic carboxylic acids is 1. The minimum Gasteiger partial charge on any atom is -0.494 e. The topological polar surface area (TPSA) is 72.6 Å². The number of fused-ring (bicyclic) bond motifs is 1. The van der Waals surface area contributed by atoms with Gasteiger partial charge in [-0.05, 0) is 54.1 Å². The average Bonchev–Trinajstić information content (AvgIpc) is 3.03. The lowest BCUT2D eigenvalue weighted by Gasteiger charge is -2.04. The third kappa shape index (κ3) is 4.42. The van der Waals surface area contributed by atoms with Crippen LogP contribution in [0.2, 0.25) is 0 Å². The second-order valence-corrected chi connectivity index (χ2v) is 6.27. The molecule has 0 aliphatic carbocycles. The van der Waals surface area contributed by atoms with Crippen molar-refractivity contribution in [3.8, 4) is 5.75 Å². The summed E-state index contributed by atoms with van der Waals surface area (Å²) >= 11 is 0.988. The van der Waals surface area contributed by atoms with E-state index in [1.165, 1.54) is 0 Å². The fraction of sp³-hybridized carbons (Fsp3) is 0.158. The van der Waals surface area contributed by atoms with E-state index < -0.39 is 5.97 Å². The van der Waals surface area contributed by atoms with Gasteiger partial charge in [0.2, 0.25) is 0 Å². The molecule has 1 heterocycles. The molecule has 0 fully saturated rings. The Morgan fingerprint density at radius 3 is 2.68 bits per heavy atom. The number of para-hydroxylation sites is 2. The van der Waals surface area contributed by atoms with Gasteiger partial charge in [0.1, 0.15) is 16.2 Å². The third-order valence-electron chi connectivity index (χ3n) is 3.33. The number of carboxylic acid groups (broad SMARTS) is 1. The highest BCUT2D eigenvalue weighted by molar-refractivity contribution is 8.03. The number of hydrogen-bond acceptors (Lipinski definition) is 5. The molecule has 2 aromatic carbocycles. The quantitative estimate of drug-likeness (QED) is 0.483. The van der Waals surface area contributed by atoms with Gasteiger partial charge in [0.25, 0.3) is 5.22 Å². The van der Waals surface area contributed by atoms with Crippen LogP contribution in [0.4, 0.5) is 0 Å². The first kappa shape index (κ1) is 17.1. The first-order valence-electron chi connectivity index (χ1n) is 7.87. The van der Waals surface area contributed by atoms with E-state index in [4.69, 9.17) is 9.15 Å². The molecular weight excluding hydrogens is 338 g/mol. The molecule has 0 saturated carbocycles. The van der Waals surface area contributed by atoms with Crippen LogP contribution in [-0.4, -0.2) is 22.7 Å². The minimum atomic E-state index is -1.03. The number of carbonyl (C=O) groups is 1. The molecule has 0 bridgehead atoms. The lowest BCUT2D eigenvalue weighted by molar-refractivity contribution is -0.131. The predicted molar refractivity (Wildman–Crippen MR) is 97.7 cm³/mol. The number of nitrogens with zero attached hydrogens (tertiary/aromatic N) is 1. The Bertz CT molecular complexity index is 866. The van der Waals surface area contributed by atoms with Gasteiger partial charge >= 0.3 is 5.97 Å². The number of carboxylic acids is 1. The molecule has 0 unspecified atom stereocenters. The van der Waals surface area contributed by atoms with Crippen LogP contribution < -0.4 is 4.74 Å².